The third-order valence-electron chi connectivity index (χ3n) is 3.44. The van der Waals surface area contributed by atoms with Crippen LogP contribution in [0.15, 0.2) is 30.3 Å². The number of carboxylic acid groups (broad SMARTS) is 1. The van der Waals surface area contributed by atoms with Crippen LogP contribution in [0.25, 0.3) is 0 Å². The Morgan fingerprint density at radius 3 is 2.38 bits per heavy atom. The quantitative estimate of drug-likeness (QED) is 0.317. The first-order chi connectivity index (χ1) is 12.1. The summed E-state index contributed by atoms with van der Waals surface area (Å²) >= 11 is 0. The van der Waals surface area contributed by atoms with Gasteiger partial charge in [0.2, 0.25) is 0 Å². The van der Waals surface area contributed by atoms with Crippen molar-refractivity contribution in [3.05, 3.63) is 35.9 Å². The number of ether oxygens (including phenoxy) is 1. The molecule has 142 valence electrons. The van der Waals surface area contributed by atoms with E-state index in [1.807, 2.05) is 0 Å². The molecule has 1 aliphatic rings. The Labute approximate surface area is 147 Å². The Balaban J connectivity index is 2.20. The first kappa shape index (κ1) is 19.4. The summed E-state index contributed by atoms with van der Waals surface area (Å²) in [5.41, 5.74) is 5.37. The van der Waals surface area contributed by atoms with Gasteiger partial charge in [0.15, 0.2) is 6.04 Å². The summed E-state index contributed by atoms with van der Waals surface area (Å²) in [7, 11) is -5.00. The number of carbonyl (C=O) groups is 3. The predicted molar refractivity (Wildman–Crippen MR) is 82.6 cm³/mol. The van der Waals surface area contributed by atoms with Crippen LogP contribution in [0.4, 0.5) is 9.59 Å². The third-order valence-corrected chi connectivity index (χ3v) is 4.38. The number of rotatable bonds is 7. The highest BCUT2D eigenvalue weighted by Gasteiger charge is 2.58. The highest BCUT2D eigenvalue weighted by Crippen LogP contribution is 2.29. The highest BCUT2D eigenvalue weighted by molar-refractivity contribution is 7.84. The van der Waals surface area contributed by atoms with E-state index in [4.69, 9.17) is 15.1 Å². The minimum Gasteiger partial charge on any atom is -0.463 e. The third kappa shape index (κ3) is 4.19. The minimum atomic E-state index is -5.00. The van der Waals surface area contributed by atoms with E-state index >= 15 is 0 Å². The molecule has 13 heteroatoms. The van der Waals surface area contributed by atoms with E-state index in [1.165, 1.54) is 0 Å². The Kier molecular flexibility index (Phi) is 5.64. The molecule has 26 heavy (non-hydrogen) atoms. The summed E-state index contributed by atoms with van der Waals surface area (Å²) in [5.74, 6) is -1.26. The van der Waals surface area contributed by atoms with Crippen LogP contribution >= 0.6 is 0 Å². The molecule has 0 radical (unpaired) electrons. The van der Waals surface area contributed by atoms with Gasteiger partial charge in [0.05, 0.1) is 0 Å². The van der Waals surface area contributed by atoms with E-state index < -0.39 is 47.1 Å². The van der Waals surface area contributed by atoms with Gasteiger partial charge in [0, 0.05) is 0 Å². The molecule has 2 atom stereocenters. The fourth-order valence-electron chi connectivity index (χ4n) is 2.35. The molecule has 0 aromatic heterocycles. The van der Waals surface area contributed by atoms with Crippen molar-refractivity contribution in [3.63, 3.8) is 0 Å². The lowest BCUT2D eigenvalue weighted by atomic mass is 9.99. The summed E-state index contributed by atoms with van der Waals surface area (Å²) in [6, 6.07) is 5.19. The molecule has 4 N–H and O–H groups in total. The molecule has 3 amide bonds. The smallest absolute Gasteiger partial charge is 0.432 e. The number of primary amides is 1. The number of nitrogens with two attached hydrogens (primary N) is 1. The van der Waals surface area contributed by atoms with Crippen LogP contribution in [0.2, 0.25) is 0 Å². The molecule has 1 aromatic rings. The van der Waals surface area contributed by atoms with Gasteiger partial charge in [0.25, 0.3) is 5.91 Å². The fourth-order valence-corrected chi connectivity index (χ4v) is 3.20. The summed E-state index contributed by atoms with van der Waals surface area (Å²) in [6.45, 7) is -0.990. The molecular weight excluding hydrogens is 374 g/mol. The first-order valence-electron chi connectivity index (χ1n) is 7.05. The van der Waals surface area contributed by atoms with Crippen molar-refractivity contribution in [2.75, 3.05) is 6.61 Å². The zero-order chi connectivity index (χ0) is 19.5. The van der Waals surface area contributed by atoms with E-state index in [9.17, 15) is 27.9 Å². The number of benzene rings is 1. The second-order valence-corrected chi connectivity index (χ2v) is 6.41. The van der Waals surface area contributed by atoms with Crippen molar-refractivity contribution >= 4 is 28.4 Å². The summed E-state index contributed by atoms with van der Waals surface area (Å²) in [5, 5.41) is 9.52. The van der Waals surface area contributed by atoms with Crippen LogP contribution < -0.4 is 5.73 Å². The Hall–Kier alpha value is -2.90. The van der Waals surface area contributed by atoms with Crippen LogP contribution in [0, 0.1) is 0 Å². The van der Waals surface area contributed by atoms with Crippen LogP contribution in [0.5, 0.6) is 0 Å². The maximum Gasteiger partial charge on any atom is 0.432 e. The normalized spacial score (nSPS) is 19.6. The number of hydroxylamine groups is 2. The van der Waals surface area contributed by atoms with Crippen molar-refractivity contribution < 1.29 is 42.0 Å². The fraction of sp³-hybridized carbons (Fsp3) is 0.308. The zero-order valence-corrected chi connectivity index (χ0v) is 13.9. The molecule has 0 aliphatic carbocycles. The van der Waals surface area contributed by atoms with E-state index in [1.54, 1.807) is 30.3 Å². The van der Waals surface area contributed by atoms with Crippen LogP contribution in [0.1, 0.15) is 5.56 Å². The Morgan fingerprint density at radius 1 is 1.27 bits per heavy atom. The second-order valence-electron chi connectivity index (χ2n) is 5.12. The van der Waals surface area contributed by atoms with E-state index in [-0.39, 0.29) is 16.0 Å². The first-order valence-corrected chi connectivity index (χ1v) is 8.44. The van der Waals surface area contributed by atoms with Gasteiger partial charge >= 0.3 is 22.5 Å². The van der Waals surface area contributed by atoms with Gasteiger partial charge in [-0.3, -0.25) is 14.2 Å². The van der Waals surface area contributed by atoms with Gasteiger partial charge in [-0.1, -0.05) is 30.3 Å². The summed E-state index contributed by atoms with van der Waals surface area (Å²) in [6.07, 6.45) is -2.95. The highest BCUT2D eigenvalue weighted by atomic mass is 32.2. The molecule has 1 heterocycles. The van der Waals surface area contributed by atoms with Gasteiger partial charge in [-0.2, -0.15) is 13.5 Å². The molecule has 1 saturated heterocycles. The maximum absolute atomic E-state index is 12.1. The molecule has 2 rings (SSSR count). The second kappa shape index (κ2) is 7.55. The number of hydrogen-bond donors (Lipinski definition) is 3. The van der Waals surface area contributed by atoms with Gasteiger partial charge in [0.1, 0.15) is 19.3 Å². The monoisotopic (exact) mass is 389 g/mol. The zero-order valence-electron chi connectivity index (χ0n) is 13.1. The topological polar surface area (TPSA) is 177 Å². The number of amides is 3. The lowest BCUT2D eigenvalue weighted by Crippen LogP contribution is -2.73. The predicted octanol–water partition coefficient (Wildman–Crippen LogP) is -0.424. The molecule has 1 fully saturated rings. The number of nitrogens with zero attached hydrogens (tertiary/aromatic N) is 2. The lowest BCUT2D eigenvalue weighted by molar-refractivity contribution is -0.207. The number of hydrogen-bond acceptors (Lipinski definition) is 7. The van der Waals surface area contributed by atoms with Gasteiger partial charge in [-0.15, -0.1) is 0 Å². The van der Waals surface area contributed by atoms with E-state index in [0.717, 1.165) is 0 Å². The molecule has 1 aromatic carbocycles. The SMILES string of the molecule is NC(=O)OC[C@@H]1[C@H](N(OCc2ccccc2)C(=O)O)C(=O)N1S(=O)(=O)O. The van der Waals surface area contributed by atoms with Crippen molar-refractivity contribution in [1.82, 2.24) is 9.37 Å². The van der Waals surface area contributed by atoms with Gasteiger partial charge in [-0.25, -0.2) is 13.9 Å². The van der Waals surface area contributed by atoms with Crippen molar-refractivity contribution in [2.24, 2.45) is 5.73 Å². The van der Waals surface area contributed by atoms with Gasteiger partial charge in [-0.05, 0) is 5.56 Å². The molecule has 0 spiro atoms. The van der Waals surface area contributed by atoms with Gasteiger partial charge < -0.3 is 15.6 Å². The Bertz CT molecular complexity index is 798. The Morgan fingerprint density at radius 2 is 1.88 bits per heavy atom. The average molecular weight is 389 g/mol. The van der Waals surface area contributed by atoms with Crippen molar-refractivity contribution in [1.29, 1.82) is 0 Å². The van der Waals surface area contributed by atoms with Crippen molar-refractivity contribution in [2.45, 2.75) is 18.7 Å². The molecule has 0 bridgehead atoms. The molecule has 1 aliphatic heterocycles. The van der Waals surface area contributed by atoms with Crippen LogP contribution in [0.3, 0.4) is 0 Å². The number of carbonyl (C=O) groups excluding carboxylic acids is 2. The largest absolute Gasteiger partial charge is 0.463 e. The lowest BCUT2D eigenvalue weighted by Gasteiger charge is -2.46. The van der Waals surface area contributed by atoms with E-state index in [2.05, 4.69) is 4.74 Å². The maximum atomic E-state index is 12.1. The molecule has 0 saturated carbocycles. The number of β-lactam (4-membered cyclic amide) rings is 1. The summed E-state index contributed by atoms with van der Waals surface area (Å²) in [4.78, 5) is 39.3. The van der Waals surface area contributed by atoms with E-state index in [0.29, 0.717) is 5.56 Å². The minimum absolute atomic E-state index is 0.0115. The molecule has 12 nitrogen and oxygen atoms in total. The standard InChI is InChI=1S/C13H15N3O9S/c14-12(18)24-7-9-10(11(17)16(9)26(21,22)23)15(13(19)20)25-6-8-4-2-1-3-5-8/h1-5,9-10H,6-7H2,(H2,14,18)(H,19,20)(H,21,22,23)/t9-,10+/m1/s1. The average Bonchev–Trinajstić information content (AvgIpc) is 2.53. The summed E-state index contributed by atoms with van der Waals surface area (Å²) < 4.78 is 36.1. The molecule has 0 unspecified atom stereocenters. The van der Waals surface area contributed by atoms with Crippen LogP contribution in [-0.2, 0) is 31.3 Å². The van der Waals surface area contributed by atoms with Crippen LogP contribution in [-0.4, -0.2) is 64.2 Å². The van der Waals surface area contributed by atoms with Crippen molar-refractivity contribution in [3.8, 4) is 0 Å². The molecular formula is C13H15N3O9S.